The molecule has 27 heavy (non-hydrogen) atoms. The third-order valence-electron chi connectivity index (χ3n) is 4.95. The molecule has 0 radical (unpaired) electrons. The predicted octanol–water partition coefficient (Wildman–Crippen LogP) is 2.67. The van der Waals surface area contributed by atoms with Gasteiger partial charge in [-0.15, -0.1) is 0 Å². The largest absolute Gasteiger partial charge is 0.325 e. The molecule has 1 saturated heterocycles. The standard InChI is InChI=1S/C19H27N5O2S/c1-23(2)27(25,26)24-13-9-16(10-14-24)6-7-17-8-12-21-19(15-17)22-18-5-3-4-11-20-18/h3-5,8,11-12,15-16H,6-7,9-10,13-14H2,1-2H3,(H,20,21,22). The molecule has 146 valence electrons. The Bertz CT molecular complexity index is 834. The number of aryl methyl sites for hydroxylation is 1. The molecule has 0 aliphatic carbocycles. The smallest absolute Gasteiger partial charge is 0.281 e. The maximum absolute atomic E-state index is 12.2. The first kappa shape index (κ1) is 19.7. The van der Waals surface area contributed by atoms with E-state index in [0.29, 0.717) is 19.0 Å². The maximum Gasteiger partial charge on any atom is 0.281 e. The van der Waals surface area contributed by atoms with E-state index in [1.165, 1.54) is 9.87 Å². The summed E-state index contributed by atoms with van der Waals surface area (Å²) in [6.07, 6.45) is 7.41. The highest BCUT2D eigenvalue weighted by molar-refractivity contribution is 7.86. The quantitative estimate of drug-likeness (QED) is 0.788. The summed E-state index contributed by atoms with van der Waals surface area (Å²) >= 11 is 0. The number of rotatable bonds is 7. The Kier molecular flexibility index (Phi) is 6.41. The summed E-state index contributed by atoms with van der Waals surface area (Å²) in [7, 11) is -0.112. The number of aromatic nitrogens is 2. The molecular formula is C19H27N5O2S. The molecule has 2 aromatic heterocycles. The molecule has 1 aliphatic rings. The van der Waals surface area contributed by atoms with Crippen LogP contribution in [0.3, 0.4) is 0 Å². The number of hydrogen-bond donors (Lipinski definition) is 1. The van der Waals surface area contributed by atoms with Crippen molar-refractivity contribution in [2.45, 2.75) is 25.7 Å². The lowest BCUT2D eigenvalue weighted by atomic mass is 9.91. The van der Waals surface area contributed by atoms with Gasteiger partial charge >= 0.3 is 0 Å². The van der Waals surface area contributed by atoms with Gasteiger partial charge < -0.3 is 5.32 Å². The molecule has 0 saturated carbocycles. The fourth-order valence-electron chi connectivity index (χ4n) is 3.30. The lowest BCUT2D eigenvalue weighted by Gasteiger charge is -2.32. The van der Waals surface area contributed by atoms with Crippen molar-refractivity contribution in [2.75, 3.05) is 32.5 Å². The normalized spacial score (nSPS) is 16.6. The number of nitrogens with zero attached hydrogens (tertiary/aromatic N) is 4. The third-order valence-corrected chi connectivity index (χ3v) is 6.89. The summed E-state index contributed by atoms with van der Waals surface area (Å²) in [5, 5.41) is 3.22. The Morgan fingerprint density at radius 3 is 2.52 bits per heavy atom. The highest BCUT2D eigenvalue weighted by Gasteiger charge is 2.29. The van der Waals surface area contributed by atoms with Crippen LogP contribution in [0.25, 0.3) is 0 Å². The van der Waals surface area contributed by atoms with Crippen molar-refractivity contribution in [3.05, 3.63) is 48.3 Å². The first-order chi connectivity index (χ1) is 12.9. The monoisotopic (exact) mass is 389 g/mol. The van der Waals surface area contributed by atoms with Gasteiger partial charge in [0.2, 0.25) is 0 Å². The van der Waals surface area contributed by atoms with Crippen molar-refractivity contribution >= 4 is 21.8 Å². The average Bonchev–Trinajstić information content (AvgIpc) is 2.68. The van der Waals surface area contributed by atoms with Crippen LogP contribution in [-0.4, -0.2) is 54.2 Å². The van der Waals surface area contributed by atoms with Gasteiger partial charge in [0.1, 0.15) is 11.6 Å². The third kappa shape index (κ3) is 5.24. The topological polar surface area (TPSA) is 78.4 Å². The van der Waals surface area contributed by atoms with Gasteiger partial charge in [-0.2, -0.15) is 17.0 Å². The predicted molar refractivity (Wildman–Crippen MR) is 107 cm³/mol. The zero-order valence-corrected chi connectivity index (χ0v) is 16.7. The lowest BCUT2D eigenvalue weighted by Crippen LogP contribution is -2.44. The highest BCUT2D eigenvalue weighted by atomic mass is 32.2. The summed E-state index contributed by atoms with van der Waals surface area (Å²) in [5.74, 6) is 2.12. The van der Waals surface area contributed by atoms with E-state index < -0.39 is 10.2 Å². The molecule has 0 atom stereocenters. The van der Waals surface area contributed by atoms with Gasteiger partial charge in [-0.3, -0.25) is 0 Å². The number of anilines is 2. The molecule has 0 amide bonds. The minimum absolute atomic E-state index is 0.555. The number of pyridine rings is 2. The Balaban J connectivity index is 1.50. The molecule has 8 heteroatoms. The molecule has 1 fully saturated rings. The van der Waals surface area contributed by atoms with E-state index in [1.54, 1.807) is 24.6 Å². The van der Waals surface area contributed by atoms with Gasteiger partial charge in [-0.25, -0.2) is 9.97 Å². The molecule has 0 aromatic carbocycles. The zero-order chi connectivity index (χ0) is 19.3. The Labute approximate surface area is 161 Å². The van der Waals surface area contributed by atoms with Crippen LogP contribution in [0.4, 0.5) is 11.6 Å². The molecule has 2 aromatic rings. The molecule has 3 rings (SSSR count). The summed E-state index contributed by atoms with van der Waals surface area (Å²) in [6, 6.07) is 9.81. The van der Waals surface area contributed by atoms with Crippen LogP contribution in [0.5, 0.6) is 0 Å². The van der Waals surface area contributed by atoms with Crippen molar-refractivity contribution in [3.8, 4) is 0 Å². The Morgan fingerprint density at radius 1 is 1.11 bits per heavy atom. The van der Waals surface area contributed by atoms with E-state index in [9.17, 15) is 8.42 Å². The number of hydrogen-bond acceptors (Lipinski definition) is 5. The molecular weight excluding hydrogens is 362 g/mol. The molecule has 0 unspecified atom stereocenters. The van der Waals surface area contributed by atoms with E-state index in [1.807, 2.05) is 30.5 Å². The Morgan fingerprint density at radius 2 is 1.85 bits per heavy atom. The SMILES string of the molecule is CN(C)S(=O)(=O)N1CCC(CCc2ccnc(Nc3ccccn3)c2)CC1. The van der Waals surface area contributed by atoms with Crippen molar-refractivity contribution in [1.29, 1.82) is 0 Å². The van der Waals surface area contributed by atoms with Crippen LogP contribution in [0.15, 0.2) is 42.7 Å². The van der Waals surface area contributed by atoms with E-state index in [2.05, 4.69) is 21.4 Å². The summed E-state index contributed by atoms with van der Waals surface area (Å²) in [4.78, 5) is 8.61. The van der Waals surface area contributed by atoms with Crippen molar-refractivity contribution in [2.24, 2.45) is 5.92 Å². The van der Waals surface area contributed by atoms with Crippen LogP contribution in [0, 0.1) is 5.92 Å². The second kappa shape index (κ2) is 8.77. The van der Waals surface area contributed by atoms with Gasteiger partial charge in [-0.05, 0) is 61.4 Å². The zero-order valence-electron chi connectivity index (χ0n) is 15.9. The molecule has 0 bridgehead atoms. The van der Waals surface area contributed by atoms with Crippen LogP contribution in [0.2, 0.25) is 0 Å². The second-order valence-electron chi connectivity index (χ2n) is 7.06. The fraction of sp³-hybridized carbons (Fsp3) is 0.474. The van der Waals surface area contributed by atoms with Crippen LogP contribution < -0.4 is 5.32 Å². The second-order valence-corrected chi connectivity index (χ2v) is 9.20. The highest BCUT2D eigenvalue weighted by Crippen LogP contribution is 2.25. The summed E-state index contributed by atoms with van der Waals surface area (Å²) < 4.78 is 27.3. The van der Waals surface area contributed by atoms with Crippen molar-refractivity contribution < 1.29 is 8.42 Å². The van der Waals surface area contributed by atoms with Crippen molar-refractivity contribution in [1.82, 2.24) is 18.6 Å². The summed E-state index contributed by atoms with van der Waals surface area (Å²) in [6.45, 7) is 1.21. The van der Waals surface area contributed by atoms with E-state index in [-0.39, 0.29) is 0 Å². The molecule has 1 aliphatic heterocycles. The van der Waals surface area contributed by atoms with E-state index >= 15 is 0 Å². The first-order valence-corrected chi connectivity index (χ1v) is 10.7. The molecule has 1 N–H and O–H groups in total. The van der Waals surface area contributed by atoms with Gasteiger partial charge in [0.25, 0.3) is 10.2 Å². The van der Waals surface area contributed by atoms with Gasteiger partial charge in [0.05, 0.1) is 0 Å². The fourth-order valence-corrected chi connectivity index (χ4v) is 4.43. The van der Waals surface area contributed by atoms with E-state index in [4.69, 9.17) is 0 Å². The van der Waals surface area contributed by atoms with Crippen LogP contribution >= 0.6 is 0 Å². The average molecular weight is 390 g/mol. The molecule has 0 spiro atoms. The van der Waals surface area contributed by atoms with Gasteiger partial charge in [0, 0.05) is 39.6 Å². The maximum atomic E-state index is 12.2. The van der Waals surface area contributed by atoms with Gasteiger partial charge in [0.15, 0.2) is 0 Å². The Hall–Kier alpha value is -2.03. The van der Waals surface area contributed by atoms with Crippen molar-refractivity contribution in [3.63, 3.8) is 0 Å². The van der Waals surface area contributed by atoms with Gasteiger partial charge in [-0.1, -0.05) is 6.07 Å². The molecule has 3 heterocycles. The minimum atomic E-state index is -3.28. The van der Waals surface area contributed by atoms with E-state index in [0.717, 1.165) is 37.3 Å². The van der Waals surface area contributed by atoms with Crippen LogP contribution in [-0.2, 0) is 16.6 Å². The number of nitrogens with one attached hydrogen (secondary N) is 1. The minimum Gasteiger partial charge on any atom is -0.325 e. The molecule has 7 nitrogen and oxygen atoms in total. The first-order valence-electron chi connectivity index (χ1n) is 9.26. The lowest BCUT2D eigenvalue weighted by molar-refractivity contribution is 0.254. The number of piperidine rings is 1. The van der Waals surface area contributed by atoms with Crippen LogP contribution in [0.1, 0.15) is 24.8 Å². The summed E-state index contributed by atoms with van der Waals surface area (Å²) in [5.41, 5.74) is 1.23.